The highest BCUT2D eigenvalue weighted by Crippen LogP contribution is 2.30. The Bertz CT molecular complexity index is 525. The van der Waals surface area contributed by atoms with E-state index in [9.17, 15) is 4.79 Å². The predicted octanol–water partition coefficient (Wildman–Crippen LogP) is 2.74. The quantitative estimate of drug-likeness (QED) is 0.860. The minimum absolute atomic E-state index is 0.282. The smallest absolute Gasteiger partial charge is 0.242 e. The van der Waals surface area contributed by atoms with Gasteiger partial charge in [-0.1, -0.05) is 0 Å². The Kier molecular flexibility index (Phi) is 5.00. The van der Waals surface area contributed by atoms with Gasteiger partial charge in [0.05, 0.1) is 5.54 Å². The van der Waals surface area contributed by atoms with Crippen LogP contribution in [0.5, 0.6) is 0 Å². The molecule has 0 bridgehead atoms. The van der Waals surface area contributed by atoms with Crippen LogP contribution in [0.25, 0.3) is 0 Å². The van der Waals surface area contributed by atoms with Crippen molar-refractivity contribution in [3.8, 4) is 0 Å². The van der Waals surface area contributed by atoms with E-state index in [-0.39, 0.29) is 5.54 Å². The second-order valence-corrected chi connectivity index (χ2v) is 7.45. The molecule has 0 aliphatic carbocycles. The molecular weight excluding hydrogens is 286 g/mol. The molecule has 3 rings (SSSR count). The summed E-state index contributed by atoms with van der Waals surface area (Å²) in [4.78, 5) is 21.5. The molecule has 3 heterocycles. The van der Waals surface area contributed by atoms with Gasteiger partial charge < -0.3 is 4.90 Å². The van der Waals surface area contributed by atoms with Crippen molar-refractivity contribution < 1.29 is 4.79 Å². The van der Waals surface area contributed by atoms with E-state index in [1.807, 2.05) is 12.4 Å². The van der Waals surface area contributed by atoms with Gasteiger partial charge in [0.25, 0.3) is 0 Å². The zero-order valence-corrected chi connectivity index (χ0v) is 14.5. The molecule has 4 heteroatoms. The van der Waals surface area contributed by atoms with E-state index in [1.54, 1.807) is 0 Å². The largest absolute Gasteiger partial charge is 0.341 e. The van der Waals surface area contributed by atoms with Crippen LogP contribution in [-0.4, -0.2) is 52.9 Å². The van der Waals surface area contributed by atoms with E-state index in [2.05, 4.69) is 40.9 Å². The molecule has 2 aliphatic heterocycles. The highest BCUT2D eigenvalue weighted by molar-refractivity contribution is 5.86. The standard InChI is InChI=1S/C19H29N3O/c1-19(9-3-4-12-21(19)2)18(23)22-13-7-17(8-14-22)15-16-5-10-20-11-6-16/h5-6,10-11,17H,3-4,7-9,12-15H2,1-2H3/t19-/m0/s1. The number of rotatable bonds is 3. The third kappa shape index (κ3) is 3.57. The summed E-state index contributed by atoms with van der Waals surface area (Å²) < 4.78 is 0. The van der Waals surface area contributed by atoms with Gasteiger partial charge in [0.15, 0.2) is 0 Å². The number of amides is 1. The summed E-state index contributed by atoms with van der Waals surface area (Å²) in [6.07, 6.45) is 10.5. The highest BCUT2D eigenvalue weighted by atomic mass is 16.2. The molecule has 0 radical (unpaired) electrons. The van der Waals surface area contributed by atoms with Crippen molar-refractivity contribution in [2.75, 3.05) is 26.7 Å². The van der Waals surface area contributed by atoms with Crippen molar-refractivity contribution in [3.63, 3.8) is 0 Å². The lowest BCUT2D eigenvalue weighted by Gasteiger charge is -2.45. The number of piperidine rings is 2. The number of nitrogens with zero attached hydrogens (tertiary/aromatic N) is 3. The van der Waals surface area contributed by atoms with Crippen LogP contribution in [0.3, 0.4) is 0 Å². The van der Waals surface area contributed by atoms with E-state index < -0.39 is 0 Å². The van der Waals surface area contributed by atoms with Crippen LogP contribution in [0.1, 0.15) is 44.6 Å². The van der Waals surface area contributed by atoms with E-state index in [1.165, 1.54) is 18.4 Å². The van der Waals surface area contributed by atoms with Gasteiger partial charge in [0, 0.05) is 25.5 Å². The summed E-state index contributed by atoms with van der Waals surface area (Å²) in [6, 6.07) is 4.21. The Morgan fingerprint density at radius 3 is 2.57 bits per heavy atom. The Labute approximate surface area is 139 Å². The molecular formula is C19H29N3O. The Morgan fingerprint density at radius 1 is 1.22 bits per heavy atom. The summed E-state index contributed by atoms with van der Waals surface area (Å²) in [6.45, 7) is 5.01. The lowest BCUT2D eigenvalue weighted by atomic mass is 9.85. The first-order valence-corrected chi connectivity index (χ1v) is 8.99. The molecule has 0 saturated carbocycles. The van der Waals surface area contributed by atoms with Gasteiger partial charge in [-0.05, 0) is 82.7 Å². The number of aromatic nitrogens is 1. The fourth-order valence-corrected chi connectivity index (χ4v) is 4.06. The van der Waals surface area contributed by atoms with Crippen LogP contribution in [0.4, 0.5) is 0 Å². The molecule has 0 spiro atoms. The highest BCUT2D eigenvalue weighted by Gasteiger charge is 2.42. The summed E-state index contributed by atoms with van der Waals surface area (Å²) in [5.41, 5.74) is 1.08. The second-order valence-electron chi connectivity index (χ2n) is 7.45. The fourth-order valence-electron chi connectivity index (χ4n) is 4.06. The van der Waals surface area contributed by atoms with Gasteiger partial charge in [-0.3, -0.25) is 14.7 Å². The van der Waals surface area contributed by atoms with Gasteiger partial charge in [-0.15, -0.1) is 0 Å². The normalized spacial score (nSPS) is 27.1. The molecule has 0 unspecified atom stereocenters. The third-order valence-electron chi connectivity index (χ3n) is 5.89. The van der Waals surface area contributed by atoms with Crippen molar-refractivity contribution in [2.45, 2.75) is 51.0 Å². The first kappa shape index (κ1) is 16.4. The maximum atomic E-state index is 13.0. The van der Waals surface area contributed by atoms with E-state index in [0.29, 0.717) is 11.8 Å². The lowest BCUT2D eigenvalue weighted by Crippen LogP contribution is -2.59. The van der Waals surface area contributed by atoms with Crippen LogP contribution < -0.4 is 0 Å². The molecule has 2 saturated heterocycles. The predicted molar refractivity (Wildman–Crippen MR) is 92.1 cm³/mol. The molecule has 126 valence electrons. The van der Waals surface area contributed by atoms with E-state index >= 15 is 0 Å². The molecule has 1 atom stereocenters. The monoisotopic (exact) mass is 315 g/mol. The Balaban J connectivity index is 1.55. The molecule has 1 amide bonds. The number of likely N-dealkylation sites (N-methyl/N-ethyl adjacent to an activating group) is 1. The Hall–Kier alpha value is -1.42. The van der Waals surface area contributed by atoms with Gasteiger partial charge >= 0.3 is 0 Å². The summed E-state index contributed by atoms with van der Waals surface area (Å²) >= 11 is 0. The first-order chi connectivity index (χ1) is 11.1. The SMILES string of the molecule is CN1CCCC[C@@]1(C)C(=O)N1CCC(Cc2ccncc2)CC1. The molecule has 2 fully saturated rings. The number of pyridine rings is 1. The van der Waals surface area contributed by atoms with Crippen molar-refractivity contribution in [1.82, 2.24) is 14.8 Å². The number of carbonyl (C=O) groups excluding carboxylic acids is 1. The average Bonchev–Trinajstić information content (AvgIpc) is 2.59. The zero-order chi connectivity index (χ0) is 16.3. The molecule has 0 N–H and O–H groups in total. The van der Waals surface area contributed by atoms with Crippen molar-refractivity contribution in [3.05, 3.63) is 30.1 Å². The lowest BCUT2D eigenvalue weighted by molar-refractivity contribution is -0.146. The third-order valence-corrected chi connectivity index (χ3v) is 5.89. The zero-order valence-electron chi connectivity index (χ0n) is 14.5. The van der Waals surface area contributed by atoms with Crippen LogP contribution in [0.2, 0.25) is 0 Å². The summed E-state index contributed by atoms with van der Waals surface area (Å²) in [7, 11) is 2.10. The van der Waals surface area contributed by atoms with Crippen molar-refractivity contribution >= 4 is 5.91 Å². The van der Waals surface area contributed by atoms with E-state index in [4.69, 9.17) is 0 Å². The maximum Gasteiger partial charge on any atom is 0.242 e. The topological polar surface area (TPSA) is 36.4 Å². The average molecular weight is 315 g/mol. The molecule has 4 nitrogen and oxygen atoms in total. The van der Waals surface area contributed by atoms with Crippen LogP contribution in [0, 0.1) is 5.92 Å². The summed E-state index contributed by atoms with van der Waals surface area (Å²) in [5.74, 6) is 1.04. The molecule has 0 aromatic carbocycles. The van der Waals surface area contributed by atoms with Gasteiger partial charge in [-0.2, -0.15) is 0 Å². The van der Waals surface area contributed by atoms with Crippen LogP contribution >= 0.6 is 0 Å². The summed E-state index contributed by atoms with van der Waals surface area (Å²) in [5, 5.41) is 0. The number of carbonyl (C=O) groups is 1. The van der Waals surface area contributed by atoms with Crippen LogP contribution in [-0.2, 0) is 11.2 Å². The molecule has 2 aliphatic rings. The fraction of sp³-hybridized carbons (Fsp3) is 0.684. The van der Waals surface area contributed by atoms with Gasteiger partial charge in [0.1, 0.15) is 0 Å². The maximum absolute atomic E-state index is 13.0. The minimum Gasteiger partial charge on any atom is -0.341 e. The molecule has 1 aromatic rings. The molecule has 23 heavy (non-hydrogen) atoms. The van der Waals surface area contributed by atoms with Gasteiger partial charge in [-0.25, -0.2) is 0 Å². The minimum atomic E-state index is -0.282. The van der Waals surface area contributed by atoms with E-state index in [0.717, 1.165) is 45.3 Å². The van der Waals surface area contributed by atoms with Crippen molar-refractivity contribution in [1.29, 1.82) is 0 Å². The second kappa shape index (κ2) is 7.00. The number of hydrogen-bond acceptors (Lipinski definition) is 3. The number of likely N-dealkylation sites (tertiary alicyclic amines) is 2. The van der Waals surface area contributed by atoms with Crippen LogP contribution in [0.15, 0.2) is 24.5 Å². The number of hydrogen-bond donors (Lipinski definition) is 0. The molecule has 1 aromatic heterocycles. The van der Waals surface area contributed by atoms with Gasteiger partial charge in [0.2, 0.25) is 5.91 Å². The Morgan fingerprint density at radius 2 is 1.91 bits per heavy atom. The first-order valence-electron chi connectivity index (χ1n) is 8.99. The van der Waals surface area contributed by atoms with Crippen molar-refractivity contribution in [2.24, 2.45) is 5.92 Å².